The van der Waals surface area contributed by atoms with Crippen LogP contribution in [0.3, 0.4) is 0 Å². The number of carbonyl (C=O) groups excluding carboxylic acids is 2. The van der Waals surface area contributed by atoms with E-state index in [0.717, 1.165) is 40.7 Å². The van der Waals surface area contributed by atoms with Gasteiger partial charge in [-0.15, -0.1) is 22.7 Å². The number of aromatic nitrogens is 2. The molecule has 0 aromatic carbocycles. The van der Waals surface area contributed by atoms with Crippen LogP contribution in [0.1, 0.15) is 85.0 Å². The predicted octanol–water partition coefficient (Wildman–Crippen LogP) is 4.95. The van der Waals surface area contributed by atoms with Crippen LogP contribution in [0.15, 0.2) is 10.8 Å². The number of thiazole rings is 2. The number of aliphatic hydroxyl groups excluding tert-OH is 2. The van der Waals surface area contributed by atoms with Crippen LogP contribution in [0.5, 0.6) is 0 Å². The Balaban J connectivity index is 1.51. The van der Waals surface area contributed by atoms with E-state index in [-0.39, 0.29) is 41.7 Å². The standard InChI is InChI=1S/C30H45N3O5S2/c1-16-9-8-10-30(7)22(33-30)12-21(17(2)11-20-15-40-28(32-20)27-31-18(3)14-39-27)38-24(35)13-23(34)29(5,6)26(37)19(4)25(16)36/h14-17,19,21-23,25,33-34,36H,8-13H2,1-7H3/t16-,17?,19+,21-,22-,23-,25-,30+/m0/s1. The number of cyclic esters (lactones) is 1. The summed E-state index contributed by atoms with van der Waals surface area (Å²) in [7, 11) is 0. The van der Waals surface area contributed by atoms with Crippen molar-refractivity contribution in [3.8, 4) is 10.0 Å². The molecule has 3 N–H and O–H groups in total. The Kier molecular flexibility index (Phi) is 9.56. The molecular weight excluding hydrogens is 546 g/mol. The molecule has 2 aliphatic rings. The number of carbonyl (C=O) groups is 2. The van der Waals surface area contributed by atoms with Crippen LogP contribution >= 0.6 is 22.7 Å². The number of aliphatic hydroxyl groups is 2. The van der Waals surface area contributed by atoms with Crippen molar-refractivity contribution in [1.82, 2.24) is 15.3 Å². The van der Waals surface area contributed by atoms with Gasteiger partial charge in [0, 0.05) is 40.4 Å². The molecule has 0 amide bonds. The fourth-order valence-corrected chi connectivity index (χ4v) is 7.63. The van der Waals surface area contributed by atoms with Gasteiger partial charge in [-0.3, -0.25) is 9.59 Å². The Morgan fingerprint density at radius 2 is 1.80 bits per heavy atom. The quantitative estimate of drug-likeness (QED) is 0.336. The van der Waals surface area contributed by atoms with E-state index in [9.17, 15) is 19.8 Å². The summed E-state index contributed by atoms with van der Waals surface area (Å²) >= 11 is 3.16. The molecule has 40 heavy (non-hydrogen) atoms. The zero-order valence-corrected chi connectivity index (χ0v) is 26.4. The summed E-state index contributed by atoms with van der Waals surface area (Å²) in [6, 6.07) is 0.215. The van der Waals surface area contributed by atoms with Gasteiger partial charge in [0.15, 0.2) is 10.0 Å². The van der Waals surface area contributed by atoms with Gasteiger partial charge in [-0.05, 0) is 44.9 Å². The van der Waals surface area contributed by atoms with Crippen LogP contribution in [0.25, 0.3) is 10.0 Å². The van der Waals surface area contributed by atoms with Crippen molar-refractivity contribution in [2.45, 2.75) is 117 Å². The van der Waals surface area contributed by atoms with E-state index in [2.05, 4.69) is 24.1 Å². The van der Waals surface area contributed by atoms with Crippen LogP contribution in [-0.4, -0.2) is 61.8 Å². The Morgan fingerprint density at radius 3 is 2.48 bits per heavy atom. The largest absolute Gasteiger partial charge is 0.462 e. The highest BCUT2D eigenvalue weighted by molar-refractivity contribution is 7.19. The molecule has 4 rings (SSSR count). The average Bonchev–Trinajstić information content (AvgIpc) is 3.20. The fourth-order valence-electron chi connectivity index (χ4n) is 5.95. The molecular formula is C30H45N3O5S2. The van der Waals surface area contributed by atoms with E-state index < -0.39 is 29.5 Å². The molecule has 222 valence electrons. The summed E-state index contributed by atoms with van der Waals surface area (Å²) in [6.07, 6.45) is 1.34. The van der Waals surface area contributed by atoms with E-state index in [4.69, 9.17) is 9.72 Å². The lowest BCUT2D eigenvalue weighted by Gasteiger charge is -2.34. The van der Waals surface area contributed by atoms with E-state index in [1.54, 1.807) is 43.4 Å². The van der Waals surface area contributed by atoms with Gasteiger partial charge >= 0.3 is 5.97 Å². The van der Waals surface area contributed by atoms with E-state index >= 15 is 0 Å². The minimum absolute atomic E-state index is 0.00411. The first-order valence-electron chi connectivity index (χ1n) is 14.5. The number of nitrogens with zero attached hydrogens (tertiary/aromatic N) is 2. The normalized spacial score (nSPS) is 34.6. The molecule has 2 aliphatic heterocycles. The molecule has 2 aromatic rings. The first kappa shape index (κ1) is 31.2. The van der Waals surface area contributed by atoms with Gasteiger partial charge in [-0.25, -0.2) is 9.97 Å². The Labute approximate surface area is 246 Å². The lowest BCUT2D eigenvalue weighted by Crippen LogP contribution is -2.46. The fraction of sp³-hybridized carbons (Fsp3) is 0.733. The third-order valence-electron chi connectivity index (χ3n) is 9.15. The van der Waals surface area contributed by atoms with Crippen molar-refractivity contribution in [3.05, 3.63) is 22.1 Å². The second kappa shape index (κ2) is 12.3. The van der Waals surface area contributed by atoms with Crippen molar-refractivity contribution in [1.29, 1.82) is 0 Å². The number of nitrogens with one attached hydrogen (secondary N) is 1. The molecule has 2 saturated heterocycles. The first-order chi connectivity index (χ1) is 18.7. The maximum Gasteiger partial charge on any atom is 0.308 e. The summed E-state index contributed by atoms with van der Waals surface area (Å²) < 4.78 is 6.05. The lowest BCUT2D eigenvalue weighted by atomic mass is 9.73. The van der Waals surface area contributed by atoms with Gasteiger partial charge in [-0.1, -0.05) is 41.0 Å². The Hall–Kier alpha value is -1.72. The molecule has 0 bridgehead atoms. The molecule has 0 radical (unpaired) electrons. The first-order valence-corrected chi connectivity index (χ1v) is 16.2. The van der Waals surface area contributed by atoms with Crippen molar-refractivity contribution in [2.24, 2.45) is 23.2 Å². The third-order valence-corrected chi connectivity index (χ3v) is 11.1. The highest BCUT2D eigenvalue weighted by Crippen LogP contribution is 2.39. The monoisotopic (exact) mass is 591 g/mol. The zero-order chi connectivity index (χ0) is 29.4. The lowest BCUT2D eigenvalue weighted by molar-refractivity contribution is -0.158. The number of fused-ring (bicyclic) bond motifs is 1. The Bertz CT molecular complexity index is 1200. The van der Waals surface area contributed by atoms with E-state index in [0.29, 0.717) is 12.8 Å². The van der Waals surface area contributed by atoms with Crippen LogP contribution in [0, 0.1) is 30.1 Å². The van der Waals surface area contributed by atoms with E-state index in [1.807, 2.05) is 24.6 Å². The molecule has 8 atom stereocenters. The number of hydrogen-bond acceptors (Lipinski definition) is 10. The molecule has 0 spiro atoms. The van der Waals surface area contributed by atoms with Crippen LogP contribution < -0.4 is 5.32 Å². The second-order valence-electron chi connectivity index (χ2n) is 13.0. The SMILES string of the molecule is Cc1csc(-c2nc(CC(C)[C@@H]3C[C@@H]4N[C@]4(C)CCC[C@H](C)[C@H](O)[C@@H](C)C(=O)C(C)(C)[C@@H](O)CC(=O)O3)cs2)n1. The zero-order valence-electron chi connectivity index (χ0n) is 24.8. The molecule has 0 aliphatic carbocycles. The summed E-state index contributed by atoms with van der Waals surface area (Å²) in [4.78, 5) is 35.8. The van der Waals surface area contributed by atoms with E-state index in [1.165, 1.54) is 0 Å². The highest BCUT2D eigenvalue weighted by Gasteiger charge is 2.50. The van der Waals surface area contributed by atoms with Crippen molar-refractivity contribution >= 4 is 34.4 Å². The number of rotatable bonds is 4. The molecule has 2 fully saturated rings. The summed E-state index contributed by atoms with van der Waals surface area (Å²) in [6.45, 7) is 13.2. The van der Waals surface area contributed by atoms with Gasteiger partial charge in [0.05, 0.1) is 29.7 Å². The topological polar surface area (TPSA) is 132 Å². The highest BCUT2D eigenvalue weighted by atomic mass is 32.1. The predicted molar refractivity (Wildman–Crippen MR) is 158 cm³/mol. The average molecular weight is 592 g/mol. The molecule has 2 aromatic heterocycles. The molecule has 4 heterocycles. The maximum atomic E-state index is 13.3. The minimum atomic E-state index is -1.21. The number of ketones is 1. The molecule has 10 heteroatoms. The van der Waals surface area contributed by atoms with Gasteiger partial charge in [0.1, 0.15) is 11.9 Å². The third kappa shape index (κ3) is 7.01. The number of ether oxygens (including phenoxy) is 1. The molecule has 8 nitrogen and oxygen atoms in total. The molecule has 0 saturated carbocycles. The van der Waals surface area contributed by atoms with Crippen molar-refractivity contribution in [3.63, 3.8) is 0 Å². The van der Waals surface area contributed by atoms with Crippen LogP contribution in [0.2, 0.25) is 0 Å². The van der Waals surface area contributed by atoms with Crippen molar-refractivity contribution in [2.75, 3.05) is 0 Å². The maximum absolute atomic E-state index is 13.3. The van der Waals surface area contributed by atoms with Crippen LogP contribution in [-0.2, 0) is 20.7 Å². The summed E-state index contributed by atoms with van der Waals surface area (Å²) in [5.41, 5.74) is 0.684. The number of hydrogen-bond donors (Lipinski definition) is 3. The minimum Gasteiger partial charge on any atom is -0.462 e. The number of Topliss-reactive ketones (excluding diaryl/α,β-unsaturated/α-hetero) is 1. The molecule has 1 unspecified atom stereocenters. The van der Waals surface area contributed by atoms with Gasteiger partial charge in [0.2, 0.25) is 0 Å². The van der Waals surface area contributed by atoms with Crippen molar-refractivity contribution < 1.29 is 24.5 Å². The van der Waals surface area contributed by atoms with Crippen LogP contribution in [0.4, 0.5) is 0 Å². The summed E-state index contributed by atoms with van der Waals surface area (Å²) in [5.74, 6) is -1.44. The smallest absolute Gasteiger partial charge is 0.308 e. The van der Waals surface area contributed by atoms with Gasteiger partial charge < -0.3 is 20.3 Å². The second-order valence-corrected chi connectivity index (χ2v) is 14.7. The Morgan fingerprint density at radius 1 is 1.12 bits per heavy atom. The number of esters is 1. The number of aryl methyl sites for hydroxylation is 1. The van der Waals surface area contributed by atoms with Gasteiger partial charge in [-0.2, -0.15) is 0 Å². The summed E-state index contributed by atoms with van der Waals surface area (Å²) in [5, 5.41) is 31.4. The van der Waals surface area contributed by atoms with Gasteiger partial charge in [0.25, 0.3) is 0 Å².